The van der Waals surface area contributed by atoms with Crippen molar-refractivity contribution in [2.45, 2.75) is 406 Å². The van der Waals surface area contributed by atoms with Crippen molar-refractivity contribution in [3.63, 3.8) is 0 Å². The van der Waals surface area contributed by atoms with E-state index < -0.39 is 97.5 Å². The molecule has 0 aromatic rings. The van der Waals surface area contributed by atoms with Gasteiger partial charge in [-0.15, -0.1) is 0 Å². The smallest absolute Gasteiger partial charge is 0.462 e. The Morgan fingerprint density at radius 1 is 0.286 bits per heavy atom. The Morgan fingerprint density at radius 3 is 0.786 bits per heavy atom. The fourth-order valence-electron chi connectivity index (χ4n) is 11.4. The molecule has 0 amide bonds. The van der Waals surface area contributed by atoms with Crippen molar-refractivity contribution in [2.75, 3.05) is 39.6 Å². The van der Waals surface area contributed by atoms with Gasteiger partial charge in [-0.05, 0) is 83.5 Å². The van der Waals surface area contributed by atoms with Crippen LogP contribution in [0.2, 0.25) is 0 Å². The van der Waals surface area contributed by atoms with Gasteiger partial charge < -0.3 is 33.8 Å². The molecule has 0 bridgehead atoms. The van der Waals surface area contributed by atoms with E-state index in [4.69, 9.17) is 37.0 Å². The highest BCUT2D eigenvalue weighted by Crippen LogP contribution is 2.45. The van der Waals surface area contributed by atoms with Gasteiger partial charge in [0, 0.05) is 25.7 Å². The third-order valence-electron chi connectivity index (χ3n) is 17.6. The van der Waals surface area contributed by atoms with Crippen LogP contribution in [0, 0.1) is 0 Å². The van der Waals surface area contributed by atoms with Crippen molar-refractivity contribution in [3.8, 4) is 0 Å². The molecule has 0 radical (unpaired) electrons. The lowest BCUT2D eigenvalue weighted by Gasteiger charge is -2.21. The van der Waals surface area contributed by atoms with Gasteiger partial charge in [-0.25, -0.2) is 9.13 Å². The molecular formula is C79H148O17P2. The molecule has 3 N–H and O–H groups in total. The second-order valence-corrected chi connectivity index (χ2v) is 30.3. The average molecular weight is 1430 g/mol. The second kappa shape index (κ2) is 72.6. The Labute approximate surface area is 598 Å². The minimum Gasteiger partial charge on any atom is -0.462 e. The van der Waals surface area contributed by atoms with Crippen molar-refractivity contribution in [2.24, 2.45) is 0 Å². The van der Waals surface area contributed by atoms with Crippen LogP contribution in [0.1, 0.15) is 387 Å². The largest absolute Gasteiger partial charge is 0.472 e. The Morgan fingerprint density at radius 2 is 0.500 bits per heavy atom. The molecule has 0 spiro atoms. The number of aliphatic hydroxyl groups is 1. The molecule has 0 aliphatic heterocycles. The summed E-state index contributed by atoms with van der Waals surface area (Å²) in [6, 6.07) is 0. The lowest BCUT2D eigenvalue weighted by atomic mass is 10.0. The number of esters is 4. The highest BCUT2D eigenvalue weighted by atomic mass is 31.2. The van der Waals surface area contributed by atoms with Crippen LogP contribution in [-0.2, 0) is 65.4 Å². The van der Waals surface area contributed by atoms with Gasteiger partial charge in [-0.3, -0.25) is 37.3 Å². The van der Waals surface area contributed by atoms with E-state index in [1.807, 2.05) is 0 Å². The molecule has 98 heavy (non-hydrogen) atoms. The van der Waals surface area contributed by atoms with Gasteiger partial charge in [-0.1, -0.05) is 315 Å². The van der Waals surface area contributed by atoms with E-state index in [1.54, 1.807) is 0 Å². The summed E-state index contributed by atoms with van der Waals surface area (Å²) in [4.78, 5) is 72.9. The normalized spacial score (nSPS) is 14.1. The zero-order valence-corrected chi connectivity index (χ0v) is 64.8. The highest BCUT2D eigenvalue weighted by molar-refractivity contribution is 7.47. The zero-order valence-electron chi connectivity index (χ0n) is 63.0. The molecule has 576 valence electrons. The van der Waals surface area contributed by atoms with Gasteiger partial charge in [0.25, 0.3) is 0 Å². The van der Waals surface area contributed by atoms with Crippen LogP contribution in [0.5, 0.6) is 0 Å². The lowest BCUT2D eigenvalue weighted by molar-refractivity contribution is -0.161. The summed E-state index contributed by atoms with van der Waals surface area (Å²) < 4.78 is 68.6. The van der Waals surface area contributed by atoms with Crippen LogP contribution in [0.15, 0.2) is 36.5 Å². The van der Waals surface area contributed by atoms with Gasteiger partial charge in [0.2, 0.25) is 0 Å². The van der Waals surface area contributed by atoms with Crippen LogP contribution in [0.4, 0.5) is 0 Å². The summed E-state index contributed by atoms with van der Waals surface area (Å²) in [5.74, 6) is -2.15. The van der Waals surface area contributed by atoms with E-state index >= 15 is 0 Å². The first kappa shape index (κ1) is 95.3. The van der Waals surface area contributed by atoms with Gasteiger partial charge in [0.05, 0.1) is 26.4 Å². The SMILES string of the molecule is CCCCC/C=C\C/C=C\CCCCCCCC(=O)O[C@H](COC(=O)CCCCCCC/C=C\CCCCCCCC)COP(=O)(O)OC[C@@H](O)COP(=O)(O)OC[C@@H](COC(=O)CCCCCCCCCCCCCCC)OC(=O)CCCCCCCCCCCCCCCCC. The van der Waals surface area contributed by atoms with Crippen LogP contribution >= 0.6 is 15.6 Å². The molecule has 0 saturated heterocycles. The number of carbonyl (C=O) groups is 4. The Hall–Kier alpha value is -2.72. The second-order valence-electron chi connectivity index (χ2n) is 27.4. The van der Waals surface area contributed by atoms with E-state index in [9.17, 15) is 43.2 Å². The van der Waals surface area contributed by atoms with Gasteiger partial charge in [0.1, 0.15) is 19.3 Å². The summed E-state index contributed by atoms with van der Waals surface area (Å²) in [7, 11) is -9.93. The standard InChI is InChI=1S/C79H148O17P2/c1-5-9-13-17-21-25-29-33-36-40-44-48-52-56-60-64-77(82)90-70-75(96-79(84)66-62-58-54-50-46-42-38-35-31-27-23-19-15-11-7-3)72-94-98(87,88)92-68-73(80)67-91-97(85,86)93-71-74(69-89-76(81)63-59-55-51-47-43-39-32-28-24-20-16-12-8-4)95-78(83)65-61-57-53-49-45-41-37-34-30-26-22-18-14-10-6-2/h23,27,33,35-36,38,73-75,80H,5-22,24-26,28-32,34,37,39-72H2,1-4H3,(H,85,86)(H,87,88)/b27-23-,36-33-,38-35-/t73-,74+,75+/m0/s1. The number of rotatable bonds is 77. The molecule has 0 saturated carbocycles. The number of phosphoric ester groups is 2. The number of phosphoric acid groups is 2. The summed E-state index contributed by atoms with van der Waals surface area (Å²) in [5, 5.41) is 10.6. The van der Waals surface area contributed by atoms with E-state index in [1.165, 1.54) is 180 Å². The van der Waals surface area contributed by atoms with Crippen molar-refractivity contribution < 1.29 is 80.2 Å². The number of ether oxygens (including phenoxy) is 4. The number of carbonyl (C=O) groups excluding carboxylic acids is 4. The Balaban J connectivity index is 5.32. The molecule has 0 aliphatic rings. The quantitative estimate of drug-likeness (QED) is 0.0169. The van der Waals surface area contributed by atoms with Crippen molar-refractivity contribution in [3.05, 3.63) is 36.5 Å². The van der Waals surface area contributed by atoms with Crippen molar-refractivity contribution in [1.29, 1.82) is 0 Å². The molecule has 2 unspecified atom stereocenters. The topological polar surface area (TPSA) is 237 Å². The van der Waals surface area contributed by atoms with Crippen LogP contribution in [0.25, 0.3) is 0 Å². The number of allylic oxidation sites excluding steroid dienone is 6. The summed E-state index contributed by atoms with van der Waals surface area (Å²) in [6.07, 6.45) is 68.3. The Bertz CT molecular complexity index is 2000. The third-order valence-corrected chi connectivity index (χ3v) is 19.5. The van der Waals surface area contributed by atoms with Crippen LogP contribution in [0.3, 0.4) is 0 Å². The molecule has 0 aromatic heterocycles. The summed E-state index contributed by atoms with van der Waals surface area (Å²) in [6.45, 7) is 4.92. The predicted molar refractivity (Wildman–Crippen MR) is 400 cm³/mol. The monoisotopic (exact) mass is 1430 g/mol. The first-order valence-electron chi connectivity index (χ1n) is 40.2. The Kier molecular flexibility index (Phi) is 70.6. The van der Waals surface area contributed by atoms with E-state index in [-0.39, 0.29) is 25.7 Å². The van der Waals surface area contributed by atoms with Gasteiger partial charge >= 0.3 is 39.5 Å². The molecule has 17 nitrogen and oxygen atoms in total. The fraction of sp³-hybridized carbons (Fsp3) is 0.873. The molecule has 0 aromatic carbocycles. The minimum atomic E-state index is -4.97. The van der Waals surface area contributed by atoms with Gasteiger partial charge in [-0.2, -0.15) is 0 Å². The van der Waals surface area contributed by atoms with E-state index in [2.05, 4.69) is 64.2 Å². The van der Waals surface area contributed by atoms with Crippen molar-refractivity contribution in [1.82, 2.24) is 0 Å². The molecule has 0 fully saturated rings. The summed E-state index contributed by atoms with van der Waals surface area (Å²) >= 11 is 0. The van der Waals surface area contributed by atoms with Crippen LogP contribution in [-0.4, -0.2) is 96.7 Å². The first-order valence-corrected chi connectivity index (χ1v) is 43.2. The maximum atomic E-state index is 13.1. The molecule has 0 heterocycles. The van der Waals surface area contributed by atoms with Gasteiger partial charge in [0.15, 0.2) is 12.2 Å². The predicted octanol–water partition coefficient (Wildman–Crippen LogP) is 23.1. The lowest BCUT2D eigenvalue weighted by Crippen LogP contribution is -2.30. The number of unbranched alkanes of at least 4 members (excludes halogenated alkanes) is 45. The third kappa shape index (κ3) is 71.7. The molecule has 0 rings (SSSR count). The maximum Gasteiger partial charge on any atom is 0.472 e. The van der Waals surface area contributed by atoms with E-state index in [0.717, 1.165) is 128 Å². The van der Waals surface area contributed by atoms with Crippen LogP contribution < -0.4 is 0 Å². The summed E-state index contributed by atoms with van der Waals surface area (Å²) in [5.41, 5.74) is 0. The number of hydrogen-bond acceptors (Lipinski definition) is 15. The molecule has 5 atom stereocenters. The average Bonchev–Trinajstić information content (AvgIpc) is 1.04. The molecule has 19 heteroatoms. The minimum absolute atomic E-state index is 0.0835. The zero-order chi connectivity index (χ0) is 71.8. The maximum absolute atomic E-state index is 13.1. The van der Waals surface area contributed by atoms with Crippen molar-refractivity contribution >= 4 is 39.5 Å². The number of hydrogen-bond donors (Lipinski definition) is 3. The fourth-order valence-corrected chi connectivity index (χ4v) is 13.0. The van der Waals surface area contributed by atoms with E-state index in [0.29, 0.717) is 25.7 Å². The molecule has 0 aliphatic carbocycles. The number of aliphatic hydroxyl groups excluding tert-OH is 1. The highest BCUT2D eigenvalue weighted by Gasteiger charge is 2.30. The first-order chi connectivity index (χ1) is 47.7. The molecular weight excluding hydrogens is 1280 g/mol.